The molecule has 0 spiro atoms. The lowest BCUT2D eigenvalue weighted by atomic mass is 9.93. The molecule has 104 valence electrons. The van der Waals surface area contributed by atoms with Crippen LogP contribution in [0.5, 0.6) is 5.75 Å². The molecule has 0 aliphatic carbocycles. The summed E-state index contributed by atoms with van der Waals surface area (Å²) in [6, 6.07) is 13.3. The molecule has 2 nitrogen and oxygen atoms in total. The first kappa shape index (κ1) is 14.5. The summed E-state index contributed by atoms with van der Waals surface area (Å²) in [4.78, 5) is 11.6. The minimum absolute atomic E-state index is 0.337. The number of benzene rings is 2. The van der Waals surface area contributed by atoms with Crippen LogP contribution in [-0.2, 0) is 11.2 Å². The minimum Gasteiger partial charge on any atom is -0.497 e. The summed E-state index contributed by atoms with van der Waals surface area (Å²) >= 11 is 5.68. The second-order valence-corrected chi connectivity index (χ2v) is 4.84. The summed E-state index contributed by atoms with van der Waals surface area (Å²) < 4.78 is 18.1. The molecular formula is C16H14ClFO2. The van der Waals surface area contributed by atoms with E-state index in [9.17, 15) is 9.18 Å². The Bertz CT molecular complexity index is 596. The number of ether oxygens (including phenoxy) is 1. The van der Waals surface area contributed by atoms with Gasteiger partial charge in [-0.1, -0.05) is 24.3 Å². The van der Waals surface area contributed by atoms with E-state index in [0.717, 1.165) is 11.3 Å². The van der Waals surface area contributed by atoms with Crippen LogP contribution in [0.3, 0.4) is 0 Å². The molecule has 1 atom stereocenters. The fraction of sp³-hybridized carbons (Fsp3) is 0.188. The van der Waals surface area contributed by atoms with Crippen molar-refractivity contribution in [1.82, 2.24) is 0 Å². The van der Waals surface area contributed by atoms with Gasteiger partial charge in [-0.3, -0.25) is 4.79 Å². The van der Waals surface area contributed by atoms with E-state index in [1.165, 1.54) is 12.1 Å². The average molecular weight is 293 g/mol. The fourth-order valence-electron chi connectivity index (χ4n) is 2.06. The van der Waals surface area contributed by atoms with E-state index in [0.29, 0.717) is 12.0 Å². The van der Waals surface area contributed by atoms with Crippen LogP contribution >= 0.6 is 11.6 Å². The number of methoxy groups -OCH3 is 1. The van der Waals surface area contributed by atoms with Gasteiger partial charge in [-0.25, -0.2) is 4.39 Å². The first-order valence-electron chi connectivity index (χ1n) is 6.18. The van der Waals surface area contributed by atoms with Crippen molar-refractivity contribution in [2.24, 2.45) is 0 Å². The van der Waals surface area contributed by atoms with E-state index < -0.39 is 11.2 Å². The first-order valence-corrected chi connectivity index (χ1v) is 6.55. The van der Waals surface area contributed by atoms with E-state index in [2.05, 4.69) is 0 Å². The Morgan fingerprint density at radius 1 is 1.25 bits per heavy atom. The monoisotopic (exact) mass is 292 g/mol. The standard InChI is InChI=1S/C16H14ClFO2/c1-20-14-4-2-3-11(9-14)10-15(16(17)19)12-5-7-13(18)8-6-12/h2-9,15H,10H2,1H3. The van der Waals surface area contributed by atoms with E-state index >= 15 is 0 Å². The van der Waals surface area contributed by atoms with Crippen LogP contribution in [0.4, 0.5) is 4.39 Å². The second kappa shape index (κ2) is 6.53. The molecule has 20 heavy (non-hydrogen) atoms. The molecule has 0 saturated carbocycles. The van der Waals surface area contributed by atoms with Crippen molar-refractivity contribution in [3.8, 4) is 5.75 Å². The summed E-state index contributed by atoms with van der Waals surface area (Å²) in [7, 11) is 1.59. The largest absolute Gasteiger partial charge is 0.497 e. The molecule has 0 aliphatic rings. The van der Waals surface area contributed by atoms with Gasteiger partial charge in [-0.15, -0.1) is 0 Å². The maximum Gasteiger partial charge on any atom is 0.229 e. The van der Waals surface area contributed by atoms with Crippen molar-refractivity contribution in [2.45, 2.75) is 12.3 Å². The topological polar surface area (TPSA) is 26.3 Å². The lowest BCUT2D eigenvalue weighted by molar-refractivity contribution is -0.113. The molecule has 0 amide bonds. The molecule has 0 aromatic heterocycles. The Morgan fingerprint density at radius 2 is 1.95 bits per heavy atom. The molecule has 1 unspecified atom stereocenters. The SMILES string of the molecule is COc1cccc(CC(C(=O)Cl)c2ccc(F)cc2)c1. The predicted molar refractivity (Wildman–Crippen MR) is 76.7 cm³/mol. The highest BCUT2D eigenvalue weighted by Crippen LogP contribution is 2.25. The van der Waals surface area contributed by atoms with Crippen molar-refractivity contribution >= 4 is 16.8 Å². The van der Waals surface area contributed by atoms with Crippen molar-refractivity contribution in [1.29, 1.82) is 0 Å². The van der Waals surface area contributed by atoms with Crippen molar-refractivity contribution in [3.63, 3.8) is 0 Å². The molecule has 0 N–H and O–H groups in total. The summed E-state index contributed by atoms with van der Waals surface area (Å²) in [5.41, 5.74) is 1.64. The van der Waals surface area contributed by atoms with Gasteiger partial charge in [0.25, 0.3) is 0 Å². The van der Waals surface area contributed by atoms with Gasteiger partial charge in [0, 0.05) is 0 Å². The van der Waals surface area contributed by atoms with Crippen molar-refractivity contribution in [2.75, 3.05) is 7.11 Å². The maximum absolute atomic E-state index is 12.9. The van der Waals surface area contributed by atoms with Gasteiger partial charge < -0.3 is 4.74 Å². The van der Waals surface area contributed by atoms with Crippen LogP contribution in [-0.4, -0.2) is 12.4 Å². The number of hydrogen-bond acceptors (Lipinski definition) is 2. The van der Waals surface area contributed by atoms with Crippen LogP contribution in [0.15, 0.2) is 48.5 Å². The summed E-state index contributed by atoms with van der Waals surface area (Å²) in [5.74, 6) is -0.109. The molecule has 0 aliphatic heterocycles. The highest BCUT2D eigenvalue weighted by atomic mass is 35.5. The highest BCUT2D eigenvalue weighted by molar-refractivity contribution is 6.64. The second-order valence-electron chi connectivity index (χ2n) is 4.46. The normalized spacial score (nSPS) is 11.9. The van der Waals surface area contributed by atoms with E-state index in [4.69, 9.17) is 16.3 Å². The van der Waals surface area contributed by atoms with Gasteiger partial charge in [0.05, 0.1) is 13.0 Å². The quantitative estimate of drug-likeness (QED) is 0.781. The van der Waals surface area contributed by atoms with E-state index in [1.54, 1.807) is 19.2 Å². The molecule has 0 saturated heterocycles. The average Bonchev–Trinajstić information content (AvgIpc) is 2.46. The van der Waals surface area contributed by atoms with E-state index in [-0.39, 0.29) is 5.82 Å². The molecular weight excluding hydrogens is 279 g/mol. The van der Waals surface area contributed by atoms with Gasteiger partial charge in [-0.2, -0.15) is 0 Å². The molecule has 0 radical (unpaired) electrons. The number of carbonyl (C=O) groups excluding carboxylic acids is 1. The Kier molecular flexibility index (Phi) is 4.74. The third-order valence-corrected chi connectivity index (χ3v) is 3.38. The summed E-state index contributed by atoms with van der Waals surface area (Å²) in [5, 5.41) is -0.459. The van der Waals surface area contributed by atoms with Crippen molar-refractivity contribution < 1.29 is 13.9 Å². The van der Waals surface area contributed by atoms with Gasteiger partial charge in [0.2, 0.25) is 5.24 Å². The van der Waals surface area contributed by atoms with Crippen LogP contribution in [0, 0.1) is 5.82 Å². The first-order chi connectivity index (χ1) is 9.60. The third-order valence-electron chi connectivity index (χ3n) is 3.12. The molecule has 0 bridgehead atoms. The Labute approximate surface area is 122 Å². The molecule has 0 heterocycles. The molecule has 2 rings (SSSR count). The van der Waals surface area contributed by atoms with Crippen LogP contribution in [0.2, 0.25) is 0 Å². The van der Waals surface area contributed by atoms with Crippen LogP contribution < -0.4 is 4.74 Å². The number of halogens is 2. The molecule has 2 aromatic rings. The third kappa shape index (κ3) is 3.58. The maximum atomic E-state index is 12.9. The lowest BCUT2D eigenvalue weighted by Gasteiger charge is -2.13. The smallest absolute Gasteiger partial charge is 0.229 e. The molecule has 0 fully saturated rings. The van der Waals surface area contributed by atoms with Crippen LogP contribution in [0.25, 0.3) is 0 Å². The predicted octanol–water partition coefficient (Wildman–Crippen LogP) is 3.93. The van der Waals surface area contributed by atoms with E-state index in [1.807, 2.05) is 24.3 Å². The molecule has 4 heteroatoms. The lowest BCUT2D eigenvalue weighted by Crippen LogP contribution is -2.10. The Balaban J connectivity index is 2.25. The number of carbonyl (C=O) groups is 1. The fourth-order valence-corrected chi connectivity index (χ4v) is 2.26. The Hall–Kier alpha value is -1.87. The number of rotatable bonds is 5. The zero-order chi connectivity index (χ0) is 14.5. The van der Waals surface area contributed by atoms with Crippen molar-refractivity contribution in [3.05, 3.63) is 65.5 Å². The minimum atomic E-state index is -0.496. The zero-order valence-corrected chi connectivity index (χ0v) is 11.7. The molecule has 2 aromatic carbocycles. The van der Waals surface area contributed by atoms with Crippen LogP contribution in [0.1, 0.15) is 17.0 Å². The summed E-state index contributed by atoms with van der Waals surface area (Å²) in [6.07, 6.45) is 0.450. The van der Waals surface area contributed by atoms with Gasteiger partial charge in [0.15, 0.2) is 0 Å². The van der Waals surface area contributed by atoms with Gasteiger partial charge in [-0.05, 0) is 53.4 Å². The Morgan fingerprint density at radius 3 is 2.55 bits per heavy atom. The van der Waals surface area contributed by atoms with Gasteiger partial charge in [0.1, 0.15) is 11.6 Å². The number of hydrogen-bond donors (Lipinski definition) is 0. The van der Waals surface area contributed by atoms with Gasteiger partial charge >= 0.3 is 0 Å². The highest BCUT2D eigenvalue weighted by Gasteiger charge is 2.19. The zero-order valence-electron chi connectivity index (χ0n) is 11.0. The summed E-state index contributed by atoms with van der Waals surface area (Å²) in [6.45, 7) is 0.